The SMILES string of the molecule is CC1(C)c2ccccc2-c2c(-c3ccccc3N(c3cccc(-c4ccc5sc6ccccc6c5c4)c3)c3cccc(-c4cccc5c4C(C)(C)c4ccccc4-5)c3)cccc21. The summed E-state index contributed by atoms with van der Waals surface area (Å²) in [4.78, 5) is 2.50. The van der Waals surface area contributed by atoms with Gasteiger partial charge in [0.2, 0.25) is 0 Å². The maximum absolute atomic E-state index is 2.50. The predicted octanol–water partition coefficient (Wildman–Crippen LogP) is 17.1. The maximum atomic E-state index is 2.50. The number of thiophene rings is 1. The molecule has 0 saturated carbocycles. The number of hydrogen-bond acceptors (Lipinski definition) is 2. The number of anilines is 3. The van der Waals surface area contributed by atoms with E-state index in [9.17, 15) is 0 Å². The average Bonchev–Trinajstić information content (AvgIpc) is 3.89. The maximum Gasteiger partial charge on any atom is 0.0540 e. The first kappa shape index (κ1) is 36.8. The van der Waals surface area contributed by atoms with Gasteiger partial charge < -0.3 is 4.90 Å². The van der Waals surface area contributed by atoms with Crippen LogP contribution in [0.3, 0.4) is 0 Å². The minimum atomic E-state index is -0.133. The zero-order valence-corrected chi connectivity index (χ0v) is 36.2. The summed E-state index contributed by atoms with van der Waals surface area (Å²) in [6.45, 7) is 9.50. The fourth-order valence-electron chi connectivity index (χ4n) is 10.9. The van der Waals surface area contributed by atoms with Gasteiger partial charge in [0.1, 0.15) is 0 Å². The molecule has 2 aliphatic rings. The smallest absolute Gasteiger partial charge is 0.0540 e. The molecule has 9 aromatic carbocycles. The van der Waals surface area contributed by atoms with Crippen molar-refractivity contribution < 1.29 is 0 Å². The van der Waals surface area contributed by atoms with Gasteiger partial charge in [-0.2, -0.15) is 0 Å². The Bertz CT molecular complexity index is 3430. The quantitative estimate of drug-likeness (QED) is 0.162. The van der Waals surface area contributed by atoms with E-state index in [0.717, 1.165) is 17.1 Å². The van der Waals surface area contributed by atoms with Crippen molar-refractivity contribution in [3.63, 3.8) is 0 Å². The number of benzene rings is 9. The second-order valence-corrected chi connectivity index (χ2v) is 19.1. The molecule has 0 amide bonds. The molecule has 0 unspecified atom stereocenters. The Morgan fingerprint density at radius 1 is 0.355 bits per heavy atom. The lowest BCUT2D eigenvalue weighted by Crippen LogP contribution is -2.16. The number of hydrogen-bond donors (Lipinski definition) is 0. The number of nitrogens with zero attached hydrogens (tertiary/aromatic N) is 1. The highest BCUT2D eigenvalue weighted by Crippen LogP contribution is 2.55. The zero-order chi connectivity index (χ0) is 41.7. The standard InChI is InChI=1S/C60H45NS/c1-59(2)52-29-10-6-24-49(52)57-47(26-16-30-53(57)59)45-22-7-11-31-54(45)61(41-19-13-17-38(35-41)39-33-34-56-50(37-39)46-23-8-12-32-55(46)62-56)42-20-14-18-40(36-42)43-25-15-27-48-44-21-5-9-28-51(44)60(3,4)58(43)48/h5-37H,1-4H3. The van der Waals surface area contributed by atoms with E-state index in [2.05, 4.69) is 233 Å². The summed E-state index contributed by atoms with van der Waals surface area (Å²) in [5.74, 6) is 0. The van der Waals surface area contributed by atoms with E-state index >= 15 is 0 Å². The second kappa shape index (κ2) is 13.8. The van der Waals surface area contributed by atoms with Crippen LogP contribution >= 0.6 is 11.3 Å². The molecule has 0 N–H and O–H groups in total. The van der Waals surface area contributed by atoms with Gasteiger partial charge in [0.05, 0.1) is 5.69 Å². The first-order valence-corrected chi connectivity index (χ1v) is 22.6. The minimum Gasteiger partial charge on any atom is -0.310 e. The van der Waals surface area contributed by atoms with Crippen LogP contribution in [0.15, 0.2) is 200 Å². The highest BCUT2D eigenvalue weighted by Gasteiger charge is 2.38. The molecule has 1 heterocycles. The van der Waals surface area contributed by atoms with Gasteiger partial charge in [-0.05, 0) is 121 Å². The molecule has 0 aliphatic heterocycles. The summed E-state index contributed by atoms with van der Waals surface area (Å²) < 4.78 is 2.64. The van der Waals surface area contributed by atoms with Crippen LogP contribution in [0.25, 0.3) is 75.8 Å². The molecule has 0 spiro atoms. The van der Waals surface area contributed by atoms with Crippen molar-refractivity contribution in [2.24, 2.45) is 0 Å². The Hall–Kier alpha value is -7.00. The molecule has 2 heteroatoms. The molecule has 0 atom stereocenters. The first-order chi connectivity index (χ1) is 30.3. The fourth-order valence-corrected chi connectivity index (χ4v) is 12.0. The lowest BCUT2D eigenvalue weighted by atomic mass is 9.79. The van der Waals surface area contributed by atoms with Gasteiger partial charge in [0.25, 0.3) is 0 Å². The van der Waals surface area contributed by atoms with E-state index in [4.69, 9.17) is 0 Å². The fraction of sp³-hybridized carbons (Fsp3) is 0.100. The third-order valence-electron chi connectivity index (χ3n) is 13.9. The van der Waals surface area contributed by atoms with Gasteiger partial charge >= 0.3 is 0 Å². The molecule has 0 radical (unpaired) electrons. The molecule has 0 fully saturated rings. The zero-order valence-electron chi connectivity index (χ0n) is 35.4. The molecule has 296 valence electrons. The number of rotatable bonds is 6. The molecular formula is C60H45NS. The minimum absolute atomic E-state index is 0.0997. The second-order valence-electron chi connectivity index (χ2n) is 18.1. The third-order valence-corrected chi connectivity index (χ3v) is 15.0. The van der Waals surface area contributed by atoms with E-state index in [-0.39, 0.29) is 10.8 Å². The van der Waals surface area contributed by atoms with Crippen LogP contribution in [-0.2, 0) is 10.8 Å². The lowest BCUT2D eigenvalue weighted by molar-refractivity contribution is 0.660. The van der Waals surface area contributed by atoms with Crippen molar-refractivity contribution in [1.82, 2.24) is 0 Å². The summed E-state index contributed by atoms with van der Waals surface area (Å²) in [6.07, 6.45) is 0. The van der Waals surface area contributed by atoms with Crippen molar-refractivity contribution in [2.75, 3.05) is 4.90 Å². The van der Waals surface area contributed by atoms with E-state index < -0.39 is 0 Å². The number of fused-ring (bicyclic) bond motifs is 9. The molecule has 1 nitrogen and oxygen atoms in total. The summed E-state index contributed by atoms with van der Waals surface area (Å²) >= 11 is 1.87. The van der Waals surface area contributed by atoms with Crippen LogP contribution in [0.5, 0.6) is 0 Å². The number of para-hydroxylation sites is 1. The average molecular weight is 812 g/mol. The molecule has 62 heavy (non-hydrogen) atoms. The van der Waals surface area contributed by atoms with Gasteiger partial charge in [-0.25, -0.2) is 0 Å². The highest BCUT2D eigenvalue weighted by molar-refractivity contribution is 7.25. The Morgan fingerprint density at radius 3 is 1.73 bits per heavy atom. The first-order valence-electron chi connectivity index (χ1n) is 21.8. The van der Waals surface area contributed by atoms with Crippen LogP contribution in [0, 0.1) is 0 Å². The Balaban J connectivity index is 1.07. The topological polar surface area (TPSA) is 3.24 Å². The summed E-state index contributed by atoms with van der Waals surface area (Å²) in [5, 5.41) is 2.63. The Kier molecular flexibility index (Phi) is 8.17. The van der Waals surface area contributed by atoms with Crippen molar-refractivity contribution in [2.45, 2.75) is 38.5 Å². The Morgan fingerprint density at radius 2 is 0.903 bits per heavy atom. The van der Waals surface area contributed by atoms with Gasteiger partial charge in [-0.15, -0.1) is 11.3 Å². The van der Waals surface area contributed by atoms with Crippen molar-refractivity contribution in [3.05, 3.63) is 222 Å². The van der Waals surface area contributed by atoms with E-state index in [1.165, 1.54) is 98.1 Å². The van der Waals surface area contributed by atoms with E-state index in [1.807, 2.05) is 11.3 Å². The molecule has 10 aromatic rings. The molecule has 0 saturated heterocycles. The van der Waals surface area contributed by atoms with Crippen LogP contribution in [0.4, 0.5) is 17.1 Å². The predicted molar refractivity (Wildman–Crippen MR) is 265 cm³/mol. The summed E-state index contributed by atoms with van der Waals surface area (Å²) in [6, 6.07) is 74.8. The largest absolute Gasteiger partial charge is 0.310 e. The molecule has 0 bridgehead atoms. The van der Waals surface area contributed by atoms with Crippen LogP contribution < -0.4 is 4.90 Å². The van der Waals surface area contributed by atoms with Crippen LogP contribution in [0.1, 0.15) is 49.9 Å². The van der Waals surface area contributed by atoms with Gasteiger partial charge in [-0.1, -0.05) is 179 Å². The summed E-state index contributed by atoms with van der Waals surface area (Å²) in [7, 11) is 0. The third kappa shape index (κ3) is 5.46. The van der Waals surface area contributed by atoms with Crippen LogP contribution in [0.2, 0.25) is 0 Å². The van der Waals surface area contributed by atoms with Gasteiger partial charge in [-0.3, -0.25) is 0 Å². The lowest BCUT2D eigenvalue weighted by Gasteiger charge is -2.30. The Labute approximate surface area is 368 Å². The molecule has 12 rings (SSSR count). The van der Waals surface area contributed by atoms with Gasteiger partial charge in [0.15, 0.2) is 0 Å². The van der Waals surface area contributed by atoms with E-state index in [1.54, 1.807) is 0 Å². The molecular weight excluding hydrogens is 767 g/mol. The van der Waals surface area contributed by atoms with Crippen molar-refractivity contribution >= 4 is 48.6 Å². The summed E-state index contributed by atoms with van der Waals surface area (Å²) in [5.41, 5.74) is 21.4. The van der Waals surface area contributed by atoms with Crippen molar-refractivity contribution in [1.29, 1.82) is 0 Å². The van der Waals surface area contributed by atoms with Crippen LogP contribution in [-0.4, -0.2) is 0 Å². The highest BCUT2D eigenvalue weighted by atomic mass is 32.1. The normalized spacial score (nSPS) is 14.1. The molecule has 2 aliphatic carbocycles. The molecule has 1 aromatic heterocycles. The van der Waals surface area contributed by atoms with Crippen molar-refractivity contribution in [3.8, 4) is 55.6 Å². The monoisotopic (exact) mass is 811 g/mol. The van der Waals surface area contributed by atoms with E-state index in [0.29, 0.717) is 0 Å². The van der Waals surface area contributed by atoms with Gasteiger partial charge in [0, 0.05) is 47.9 Å².